The van der Waals surface area contributed by atoms with Gasteiger partial charge in [-0.1, -0.05) is 15.9 Å². The minimum absolute atomic E-state index is 0.0636. The van der Waals surface area contributed by atoms with Gasteiger partial charge >= 0.3 is 0 Å². The highest BCUT2D eigenvalue weighted by molar-refractivity contribution is 9.10. The van der Waals surface area contributed by atoms with Crippen molar-refractivity contribution < 1.29 is 4.39 Å². The largest absolute Gasteiger partial charge is 0.337 e. The molecule has 2 nitrogen and oxygen atoms in total. The summed E-state index contributed by atoms with van der Waals surface area (Å²) in [6.45, 7) is 0.794. The quantitative estimate of drug-likeness (QED) is 0.789. The number of aromatic nitrogens is 2. The summed E-state index contributed by atoms with van der Waals surface area (Å²) in [4.78, 5) is 3.07. The lowest BCUT2D eigenvalue weighted by atomic mass is 9.94. The summed E-state index contributed by atoms with van der Waals surface area (Å²) in [5.41, 5.74) is 1.98. The maximum absolute atomic E-state index is 14.1. The van der Waals surface area contributed by atoms with Crippen LogP contribution in [0.15, 0.2) is 28.9 Å². The Morgan fingerprint density at radius 3 is 3.11 bits per heavy atom. The van der Waals surface area contributed by atoms with Crippen molar-refractivity contribution in [2.75, 3.05) is 0 Å². The SMILES string of the molecule is Fc1ccc(Br)cc1[C@]12CC1c1c[nH]c(=S)n1C2. The van der Waals surface area contributed by atoms with Gasteiger partial charge < -0.3 is 9.55 Å². The zero-order valence-corrected chi connectivity index (χ0v) is 11.8. The van der Waals surface area contributed by atoms with E-state index in [-0.39, 0.29) is 11.2 Å². The number of nitrogens with one attached hydrogen (secondary N) is 1. The van der Waals surface area contributed by atoms with E-state index in [0.29, 0.717) is 5.92 Å². The van der Waals surface area contributed by atoms with Gasteiger partial charge in [0.15, 0.2) is 4.77 Å². The third kappa shape index (κ3) is 1.24. The zero-order valence-electron chi connectivity index (χ0n) is 9.41. The predicted octanol–water partition coefficient (Wildman–Crippen LogP) is 3.89. The monoisotopic (exact) mass is 324 g/mol. The molecule has 0 bridgehead atoms. The van der Waals surface area contributed by atoms with Crippen molar-refractivity contribution in [3.05, 3.63) is 50.7 Å². The maximum Gasteiger partial charge on any atom is 0.177 e. The molecule has 1 aromatic carbocycles. The van der Waals surface area contributed by atoms with Gasteiger partial charge in [-0.05, 0) is 42.4 Å². The fourth-order valence-electron chi connectivity index (χ4n) is 3.27. The summed E-state index contributed by atoms with van der Waals surface area (Å²) in [6.07, 6.45) is 2.99. The van der Waals surface area contributed by atoms with E-state index in [1.807, 2.05) is 12.3 Å². The third-order valence-corrected chi connectivity index (χ3v) is 5.07. The van der Waals surface area contributed by atoms with Crippen LogP contribution in [0.5, 0.6) is 0 Å². The molecule has 0 amide bonds. The number of hydrogen-bond acceptors (Lipinski definition) is 1. The molecule has 1 saturated carbocycles. The molecular weight excluding hydrogens is 315 g/mol. The third-order valence-electron chi connectivity index (χ3n) is 4.24. The molecule has 0 spiro atoms. The highest BCUT2D eigenvalue weighted by atomic mass is 79.9. The molecule has 1 aliphatic heterocycles. The summed E-state index contributed by atoms with van der Waals surface area (Å²) in [5.74, 6) is 0.301. The van der Waals surface area contributed by atoms with Crippen molar-refractivity contribution in [2.45, 2.75) is 24.3 Å². The molecule has 2 aromatic rings. The summed E-state index contributed by atoms with van der Waals surface area (Å²) in [6, 6.07) is 5.20. The molecule has 92 valence electrons. The molecule has 4 rings (SSSR count). The molecule has 2 atom stereocenters. The van der Waals surface area contributed by atoms with Gasteiger partial charge in [0, 0.05) is 34.2 Å². The van der Waals surface area contributed by atoms with Gasteiger partial charge in [-0.3, -0.25) is 0 Å². The second kappa shape index (κ2) is 3.33. The van der Waals surface area contributed by atoms with Crippen molar-refractivity contribution in [2.24, 2.45) is 0 Å². The van der Waals surface area contributed by atoms with Gasteiger partial charge in [0.1, 0.15) is 5.82 Å². The molecule has 2 aliphatic rings. The van der Waals surface area contributed by atoms with Gasteiger partial charge in [0.05, 0.1) is 0 Å². The van der Waals surface area contributed by atoms with E-state index in [2.05, 4.69) is 25.5 Å². The van der Waals surface area contributed by atoms with E-state index in [1.165, 1.54) is 11.8 Å². The molecule has 1 aliphatic carbocycles. The average Bonchev–Trinajstić information content (AvgIpc) is 2.82. The number of fused-ring (bicyclic) bond motifs is 3. The Morgan fingerprint density at radius 1 is 1.50 bits per heavy atom. The van der Waals surface area contributed by atoms with Crippen LogP contribution in [-0.4, -0.2) is 9.55 Å². The van der Waals surface area contributed by atoms with E-state index < -0.39 is 0 Å². The van der Waals surface area contributed by atoms with Gasteiger partial charge in [0.25, 0.3) is 0 Å². The Bertz CT molecular complexity index is 720. The number of halogens is 2. The molecule has 0 radical (unpaired) electrons. The fraction of sp³-hybridized carbons (Fsp3) is 0.308. The first kappa shape index (κ1) is 10.9. The highest BCUT2D eigenvalue weighted by Crippen LogP contribution is 2.65. The summed E-state index contributed by atoms with van der Waals surface area (Å²) < 4.78 is 17.8. The number of hydrogen-bond donors (Lipinski definition) is 1. The molecule has 5 heteroatoms. The number of imidazole rings is 1. The van der Waals surface area contributed by atoms with Gasteiger partial charge in [-0.25, -0.2) is 4.39 Å². The van der Waals surface area contributed by atoms with E-state index in [4.69, 9.17) is 12.2 Å². The van der Waals surface area contributed by atoms with Crippen LogP contribution in [0, 0.1) is 10.6 Å². The van der Waals surface area contributed by atoms with Crippen molar-refractivity contribution >= 4 is 28.1 Å². The molecular formula is C13H10BrFN2S. The minimum Gasteiger partial charge on any atom is -0.337 e. The van der Waals surface area contributed by atoms with Crippen LogP contribution in [-0.2, 0) is 12.0 Å². The van der Waals surface area contributed by atoms with E-state index in [9.17, 15) is 4.39 Å². The first-order valence-corrected chi connectivity index (χ1v) is 7.05. The molecule has 1 unspecified atom stereocenters. The summed E-state index contributed by atoms with van der Waals surface area (Å²) in [7, 11) is 0. The first-order chi connectivity index (χ1) is 8.62. The average molecular weight is 325 g/mol. The number of benzene rings is 1. The smallest absolute Gasteiger partial charge is 0.177 e. The normalized spacial score (nSPS) is 28.0. The molecule has 0 saturated heterocycles. The van der Waals surface area contributed by atoms with E-state index >= 15 is 0 Å². The number of rotatable bonds is 1. The van der Waals surface area contributed by atoms with Crippen LogP contribution in [0.4, 0.5) is 4.39 Å². The standard InChI is InChI=1S/C13H10BrFN2S/c14-7-1-2-10(15)8(3-7)13-4-9(13)11-5-16-12(18)17(11)6-13/h1-3,5,9H,4,6H2,(H,16,18)/t9?,13-/m1/s1. The zero-order chi connectivity index (χ0) is 12.5. The molecule has 1 fully saturated rings. The lowest BCUT2D eigenvalue weighted by Crippen LogP contribution is -2.14. The van der Waals surface area contributed by atoms with Crippen molar-refractivity contribution in [1.82, 2.24) is 9.55 Å². The topological polar surface area (TPSA) is 20.7 Å². The van der Waals surface area contributed by atoms with Crippen molar-refractivity contribution in [3.63, 3.8) is 0 Å². The van der Waals surface area contributed by atoms with Crippen LogP contribution in [0.25, 0.3) is 0 Å². The Balaban J connectivity index is 1.86. The highest BCUT2D eigenvalue weighted by Gasteiger charge is 2.62. The van der Waals surface area contributed by atoms with E-state index in [1.54, 1.807) is 6.07 Å². The number of nitrogens with zero attached hydrogens (tertiary/aromatic N) is 1. The lowest BCUT2D eigenvalue weighted by molar-refractivity contribution is 0.530. The fourth-order valence-corrected chi connectivity index (χ4v) is 3.86. The lowest BCUT2D eigenvalue weighted by Gasteiger charge is -2.14. The van der Waals surface area contributed by atoms with Crippen LogP contribution in [0.1, 0.15) is 23.6 Å². The number of aromatic amines is 1. The van der Waals surface area contributed by atoms with Crippen LogP contribution in [0.2, 0.25) is 0 Å². The van der Waals surface area contributed by atoms with Crippen LogP contribution >= 0.6 is 28.1 Å². The molecule has 18 heavy (non-hydrogen) atoms. The molecule has 1 N–H and O–H groups in total. The van der Waals surface area contributed by atoms with Crippen molar-refractivity contribution in [1.29, 1.82) is 0 Å². The molecule has 2 heterocycles. The van der Waals surface area contributed by atoms with Gasteiger partial charge in [0.2, 0.25) is 0 Å². The Kier molecular flexibility index (Phi) is 2.02. The van der Waals surface area contributed by atoms with Crippen LogP contribution < -0.4 is 0 Å². The summed E-state index contributed by atoms with van der Waals surface area (Å²) >= 11 is 8.67. The van der Waals surface area contributed by atoms with Gasteiger partial charge in [-0.2, -0.15) is 0 Å². The predicted molar refractivity (Wildman–Crippen MR) is 72.8 cm³/mol. The Morgan fingerprint density at radius 2 is 2.33 bits per heavy atom. The number of H-pyrrole nitrogens is 1. The van der Waals surface area contributed by atoms with Crippen LogP contribution in [0.3, 0.4) is 0 Å². The van der Waals surface area contributed by atoms with E-state index in [0.717, 1.165) is 27.8 Å². The summed E-state index contributed by atoms with van der Waals surface area (Å²) in [5, 5.41) is 0. The van der Waals surface area contributed by atoms with Crippen molar-refractivity contribution in [3.8, 4) is 0 Å². The second-order valence-electron chi connectivity index (χ2n) is 5.14. The Labute approximate surface area is 117 Å². The second-order valence-corrected chi connectivity index (χ2v) is 6.44. The Hall–Kier alpha value is -0.940. The first-order valence-electron chi connectivity index (χ1n) is 5.85. The maximum atomic E-state index is 14.1. The minimum atomic E-state index is -0.110. The molecule has 1 aromatic heterocycles. The van der Waals surface area contributed by atoms with Gasteiger partial charge in [-0.15, -0.1) is 0 Å².